The number of ether oxygens (including phenoxy) is 1. The first-order valence-corrected chi connectivity index (χ1v) is 10.5. The molecule has 0 unspecified atom stereocenters. The number of amides is 1. The Morgan fingerprint density at radius 2 is 1.96 bits per heavy atom. The van der Waals surface area contributed by atoms with Crippen LogP contribution in [0.3, 0.4) is 0 Å². The summed E-state index contributed by atoms with van der Waals surface area (Å²) in [7, 11) is 0. The van der Waals surface area contributed by atoms with Crippen molar-refractivity contribution in [2.45, 2.75) is 45.0 Å². The van der Waals surface area contributed by atoms with Crippen molar-refractivity contribution in [3.05, 3.63) is 52.0 Å². The highest BCUT2D eigenvalue weighted by atomic mass is 35.5. The molecular weight excluding hydrogens is 384 g/mol. The van der Waals surface area contributed by atoms with Crippen LogP contribution in [-0.4, -0.2) is 34.9 Å². The summed E-state index contributed by atoms with van der Waals surface area (Å²) in [6.07, 6.45) is 3.00. The molecule has 146 valence electrons. The predicted molar refractivity (Wildman–Crippen MR) is 108 cm³/mol. The molecule has 7 heteroatoms. The lowest BCUT2D eigenvalue weighted by Crippen LogP contribution is -2.34. The molecule has 0 aliphatic carbocycles. The molecule has 1 heterocycles. The van der Waals surface area contributed by atoms with E-state index >= 15 is 0 Å². The molecule has 0 N–H and O–H groups in total. The van der Waals surface area contributed by atoms with Gasteiger partial charge in [0.05, 0.1) is 13.2 Å². The molecule has 0 fully saturated rings. The number of carbonyl (C=O) groups is 2. The summed E-state index contributed by atoms with van der Waals surface area (Å²) in [5.74, 6) is -0.588. The van der Waals surface area contributed by atoms with E-state index in [0.29, 0.717) is 24.7 Å². The zero-order chi connectivity index (χ0) is 19.6. The summed E-state index contributed by atoms with van der Waals surface area (Å²) in [4.78, 5) is 30.8. The Kier molecular flexibility index (Phi) is 8.75. The average Bonchev–Trinajstić information content (AvgIpc) is 3.16. The molecule has 0 saturated heterocycles. The van der Waals surface area contributed by atoms with Crippen LogP contribution in [-0.2, 0) is 16.1 Å². The molecule has 1 amide bonds. The summed E-state index contributed by atoms with van der Waals surface area (Å²) >= 11 is 7.79. The smallest absolute Gasteiger partial charge is 0.357 e. The molecule has 1 aromatic carbocycles. The summed E-state index contributed by atoms with van der Waals surface area (Å²) in [5, 5.41) is 1.62. The molecule has 27 heavy (non-hydrogen) atoms. The van der Waals surface area contributed by atoms with E-state index in [1.165, 1.54) is 11.3 Å². The van der Waals surface area contributed by atoms with Gasteiger partial charge in [-0.1, -0.05) is 50.1 Å². The average molecular weight is 409 g/mol. The summed E-state index contributed by atoms with van der Waals surface area (Å²) in [5.41, 5.74) is 1.05. The number of aromatic nitrogens is 1. The third-order valence-electron chi connectivity index (χ3n) is 4.01. The first-order chi connectivity index (χ1) is 13.1. The molecule has 0 saturated carbocycles. The first kappa shape index (κ1) is 21.4. The number of benzene rings is 1. The molecule has 2 aromatic rings. The Morgan fingerprint density at radius 3 is 2.63 bits per heavy atom. The normalized spacial score (nSPS) is 11.8. The van der Waals surface area contributed by atoms with Gasteiger partial charge in [-0.25, -0.2) is 9.78 Å². The van der Waals surface area contributed by atoms with Crippen molar-refractivity contribution in [1.29, 1.82) is 0 Å². The SMILES string of the molecule is CCCCCN(Cc1nc(C(=O)OCC)cs1)C(=O)[C@H](Cl)c1ccccc1. The lowest BCUT2D eigenvalue weighted by Gasteiger charge is -2.24. The maximum atomic E-state index is 13.0. The lowest BCUT2D eigenvalue weighted by atomic mass is 10.1. The minimum atomic E-state index is -0.739. The first-order valence-electron chi connectivity index (χ1n) is 9.16. The minimum Gasteiger partial charge on any atom is -0.461 e. The van der Waals surface area contributed by atoms with Gasteiger partial charge in [0.1, 0.15) is 10.4 Å². The van der Waals surface area contributed by atoms with Crippen LogP contribution in [0.2, 0.25) is 0 Å². The van der Waals surface area contributed by atoms with Crippen molar-refractivity contribution >= 4 is 34.8 Å². The topological polar surface area (TPSA) is 59.5 Å². The molecule has 2 rings (SSSR count). The van der Waals surface area contributed by atoms with Crippen molar-refractivity contribution in [3.8, 4) is 0 Å². The van der Waals surface area contributed by atoms with Crippen molar-refractivity contribution in [1.82, 2.24) is 9.88 Å². The van der Waals surface area contributed by atoms with E-state index in [4.69, 9.17) is 16.3 Å². The van der Waals surface area contributed by atoms with Gasteiger partial charge in [-0.2, -0.15) is 0 Å². The third kappa shape index (κ3) is 6.33. The van der Waals surface area contributed by atoms with E-state index in [-0.39, 0.29) is 11.6 Å². The predicted octanol–water partition coefficient (Wildman–Crippen LogP) is 4.82. The fraction of sp³-hybridized carbons (Fsp3) is 0.450. The zero-order valence-electron chi connectivity index (χ0n) is 15.7. The van der Waals surface area contributed by atoms with Crippen LogP contribution in [0.5, 0.6) is 0 Å². The second-order valence-corrected chi connectivity index (χ2v) is 7.47. The monoisotopic (exact) mass is 408 g/mol. The number of hydrogen-bond donors (Lipinski definition) is 0. The van der Waals surface area contributed by atoms with Gasteiger partial charge < -0.3 is 9.64 Å². The maximum Gasteiger partial charge on any atom is 0.357 e. The molecule has 0 aliphatic heterocycles. The van der Waals surface area contributed by atoms with Gasteiger partial charge in [0.2, 0.25) is 5.91 Å². The Balaban J connectivity index is 2.11. The Labute approximate surface area is 169 Å². The molecule has 0 spiro atoms. The van der Waals surface area contributed by atoms with Crippen molar-refractivity contribution in [2.24, 2.45) is 0 Å². The fourth-order valence-electron chi connectivity index (χ4n) is 2.59. The number of thiazole rings is 1. The van der Waals surface area contributed by atoms with Crippen LogP contribution in [0.4, 0.5) is 0 Å². The summed E-state index contributed by atoms with van der Waals surface area (Å²) in [6, 6.07) is 9.32. The van der Waals surface area contributed by atoms with Crippen molar-refractivity contribution in [3.63, 3.8) is 0 Å². The van der Waals surface area contributed by atoms with Gasteiger partial charge >= 0.3 is 5.97 Å². The van der Waals surface area contributed by atoms with E-state index in [2.05, 4.69) is 11.9 Å². The van der Waals surface area contributed by atoms with E-state index in [1.807, 2.05) is 30.3 Å². The molecule has 1 atom stereocenters. The van der Waals surface area contributed by atoms with E-state index in [1.54, 1.807) is 17.2 Å². The van der Waals surface area contributed by atoms with Gasteiger partial charge in [-0.15, -0.1) is 22.9 Å². The quantitative estimate of drug-likeness (QED) is 0.321. The van der Waals surface area contributed by atoms with Crippen LogP contribution in [0.1, 0.15) is 59.5 Å². The Bertz CT molecular complexity index is 736. The molecule has 0 bridgehead atoms. The number of esters is 1. The van der Waals surface area contributed by atoms with Crippen LogP contribution >= 0.6 is 22.9 Å². The maximum absolute atomic E-state index is 13.0. The van der Waals surface area contributed by atoms with Crippen LogP contribution in [0.15, 0.2) is 35.7 Å². The minimum absolute atomic E-state index is 0.146. The second kappa shape index (κ2) is 11.0. The van der Waals surface area contributed by atoms with Gasteiger partial charge in [0.15, 0.2) is 5.69 Å². The summed E-state index contributed by atoms with van der Waals surface area (Å²) in [6.45, 7) is 5.12. The van der Waals surface area contributed by atoms with Crippen molar-refractivity contribution < 1.29 is 14.3 Å². The summed E-state index contributed by atoms with van der Waals surface area (Å²) < 4.78 is 4.97. The highest BCUT2D eigenvalue weighted by Crippen LogP contribution is 2.25. The van der Waals surface area contributed by atoms with Gasteiger partial charge in [-0.05, 0) is 18.9 Å². The number of unbranched alkanes of at least 4 members (excludes halogenated alkanes) is 2. The number of nitrogens with zero attached hydrogens (tertiary/aromatic N) is 2. The van der Waals surface area contributed by atoms with Crippen LogP contribution in [0.25, 0.3) is 0 Å². The Morgan fingerprint density at radius 1 is 1.22 bits per heavy atom. The number of carbonyl (C=O) groups excluding carboxylic acids is 2. The van der Waals surface area contributed by atoms with Gasteiger partial charge in [-0.3, -0.25) is 4.79 Å². The molecule has 5 nitrogen and oxygen atoms in total. The lowest BCUT2D eigenvalue weighted by molar-refractivity contribution is -0.131. The number of alkyl halides is 1. The zero-order valence-corrected chi connectivity index (χ0v) is 17.3. The van der Waals surface area contributed by atoms with Crippen LogP contribution < -0.4 is 0 Å². The van der Waals surface area contributed by atoms with Crippen LogP contribution in [0, 0.1) is 0 Å². The third-order valence-corrected chi connectivity index (χ3v) is 5.29. The molecule has 1 aromatic heterocycles. The molecule has 0 aliphatic rings. The number of rotatable bonds is 10. The largest absolute Gasteiger partial charge is 0.461 e. The molecular formula is C20H25ClN2O3S. The number of hydrogen-bond acceptors (Lipinski definition) is 5. The number of halogens is 1. The highest BCUT2D eigenvalue weighted by molar-refractivity contribution is 7.09. The van der Waals surface area contributed by atoms with E-state index < -0.39 is 11.3 Å². The second-order valence-electron chi connectivity index (χ2n) is 6.09. The Hall–Kier alpha value is -1.92. The van der Waals surface area contributed by atoms with Gasteiger partial charge in [0, 0.05) is 11.9 Å². The highest BCUT2D eigenvalue weighted by Gasteiger charge is 2.25. The fourth-order valence-corrected chi connectivity index (χ4v) is 3.65. The molecule has 0 radical (unpaired) electrons. The standard InChI is InChI=1S/C20H25ClN2O3S/c1-3-5-9-12-23(19(24)18(21)15-10-7-6-8-11-15)13-17-22-16(14-27-17)20(25)26-4-2/h6-8,10-11,14,18H,3-5,9,12-13H2,1-2H3/t18-/m1/s1. The van der Waals surface area contributed by atoms with Gasteiger partial charge in [0.25, 0.3) is 0 Å². The van der Waals surface area contributed by atoms with E-state index in [9.17, 15) is 9.59 Å². The van der Waals surface area contributed by atoms with E-state index in [0.717, 1.165) is 24.8 Å². The van der Waals surface area contributed by atoms with Crippen molar-refractivity contribution in [2.75, 3.05) is 13.2 Å².